The van der Waals surface area contributed by atoms with Gasteiger partial charge in [-0.25, -0.2) is 0 Å². The topological polar surface area (TPSA) is 75.0 Å². The second kappa shape index (κ2) is 7.61. The third-order valence-electron chi connectivity index (χ3n) is 4.26. The van der Waals surface area contributed by atoms with Crippen molar-refractivity contribution >= 4 is 11.8 Å². The lowest BCUT2D eigenvalue weighted by atomic mass is 10.2. The van der Waals surface area contributed by atoms with Gasteiger partial charge in [-0.05, 0) is 18.9 Å². The second-order valence-corrected chi connectivity index (χ2v) is 5.96. The molecule has 1 aromatic rings. The van der Waals surface area contributed by atoms with E-state index in [0.29, 0.717) is 12.1 Å². The maximum absolute atomic E-state index is 12.1. The number of rotatable bonds is 5. The van der Waals surface area contributed by atoms with Gasteiger partial charge in [-0.3, -0.25) is 14.5 Å². The first-order valence-electron chi connectivity index (χ1n) is 8.16. The van der Waals surface area contributed by atoms with Gasteiger partial charge in [0.25, 0.3) is 5.91 Å². The van der Waals surface area contributed by atoms with Crippen molar-refractivity contribution in [3.05, 3.63) is 23.7 Å². The normalized spacial score (nSPS) is 19.0. The molecule has 0 spiro atoms. The van der Waals surface area contributed by atoms with Crippen molar-refractivity contribution in [1.82, 2.24) is 15.1 Å². The highest BCUT2D eigenvalue weighted by Crippen LogP contribution is 2.12. The number of nitrogens with zero attached hydrogens (tertiary/aromatic N) is 2. The van der Waals surface area contributed by atoms with Crippen molar-refractivity contribution in [2.24, 2.45) is 0 Å². The number of hydrogen-bond donors (Lipinski definition) is 1. The van der Waals surface area contributed by atoms with Gasteiger partial charge in [-0.2, -0.15) is 0 Å². The summed E-state index contributed by atoms with van der Waals surface area (Å²) in [5.41, 5.74) is 0.461. The average molecular weight is 321 g/mol. The van der Waals surface area contributed by atoms with Crippen LogP contribution in [0.5, 0.6) is 0 Å². The Balaban J connectivity index is 1.46. The largest absolute Gasteiger partial charge is 0.467 e. The third kappa shape index (κ3) is 4.33. The zero-order valence-corrected chi connectivity index (χ0v) is 13.3. The van der Waals surface area contributed by atoms with Crippen LogP contribution in [0.4, 0.5) is 0 Å². The average Bonchev–Trinajstić information content (AvgIpc) is 3.25. The van der Waals surface area contributed by atoms with E-state index < -0.39 is 0 Å². The number of ether oxygens (including phenoxy) is 1. The van der Waals surface area contributed by atoms with Crippen LogP contribution in [0.15, 0.2) is 16.7 Å². The van der Waals surface area contributed by atoms with E-state index in [0.717, 1.165) is 58.0 Å². The Labute approximate surface area is 135 Å². The number of nitrogens with one attached hydrogen (secondary N) is 1. The first-order valence-corrected chi connectivity index (χ1v) is 8.16. The van der Waals surface area contributed by atoms with E-state index in [1.807, 2.05) is 0 Å². The van der Waals surface area contributed by atoms with Crippen LogP contribution < -0.4 is 5.32 Å². The second-order valence-electron chi connectivity index (χ2n) is 5.96. The minimum Gasteiger partial charge on any atom is -0.467 e. The summed E-state index contributed by atoms with van der Waals surface area (Å²) in [5.74, 6) is 0.463. The van der Waals surface area contributed by atoms with Crippen LogP contribution in [0.2, 0.25) is 0 Å². The van der Waals surface area contributed by atoms with Gasteiger partial charge in [0.05, 0.1) is 31.9 Å². The van der Waals surface area contributed by atoms with Gasteiger partial charge in [0.2, 0.25) is 5.91 Å². The fourth-order valence-electron chi connectivity index (χ4n) is 2.90. The Morgan fingerprint density at radius 3 is 2.61 bits per heavy atom. The predicted molar refractivity (Wildman–Crippen MR) is 83.0 cm³/mol. The number of morpholine rings is 1. The minimum absolute atomic E-state index is 0.0205. The fraction of sp³-hybridized carbons (Fsp3) is 0.625. The number of likely N-dealkylation sites (tertiary alicyclic amines) is 1. The molecule has 7 heteroatoms. The van der Waals surface area contributed by atoms with Gasteiger partial charge in [0.1, 0.15) is 12.0 Å². The smallest absolute Gasteiger partial charge is 0.254 e. The Morgan fingerprint density at radius 1 is 1.13 bits per heavy atom. The first-order chi connectivity index (χ1) is 11.2. The van der Waals surface area contributed by atoms with Gasteiger partial charge < -0.3 is 19.4 Å². The number of hydrogen-bond acceptors (Lipinski definition) is 5. The van der Waals surface area contributed by atoms with Crippen LogP contribution in [0.25, 0.3) is 0 Å². The molecule has 0 unspecified atom stereocenters. The number of furan rings is 1. The summed E-state index contributed by atoms with van der Waals surface area (Å²) < 4.78 is 10.8. The van der Waals surface area contributed by atoms with E-state index in [9.17, 15) is 9.59 Å². The summed E-state index contributed by atoms with van der Waals surface area (Å²) >= 11 is 0. The maximum atomic E-state index is 12.1. The summed E-state index contributed by atoms with van der Waals surface area (Å²) in [5, 5.41) is 2.67. The van der Waals surface area contributed by atoms with E-state index in [-0.39, 0.29) is 18.4 Å². The number of carbonyl (C=O) groups excluding carboxylic acids is 2. The van der Waals surface area contributed by atoms with Crippen molar-refractivity contribution in [2.75, 3.05) is 45.9 Å². The summed E-state index contributed by atoms with van der Waals surface area (Å²) in [4.78, 5) is 28.0. The molecule has 2 aliphatic heterocycles. The molecule has 2 saturated heterocycles. The lowest BCUT2D eigenvalue weighted by Crippen LogP contribution is -2.38. The fourth-order valence-corrected chi connectivity index (χ4v) is 2.90. The SMILES string of the molecule is O=C(NCC(=O)N1CCCC1)c1coc(CN2CCOCC2)c1. The Kier molecular flexibility index (Phi) is 5.30. The Bertz CT molecular complexity index is 545. The van der Waals surface area contributed by atoms with Crippen molar-refractivity contribution in [3.8, 4) is 0 Å². The van der Waals surface area contributed by atoms with E-state index in [1.165, 1.54) is 6.26 Å². The zero-order chi connectivity index (χ0) is 16.1. The molecule has 2 aliphatic rings. The van der Waals surface area contributed by atoms with Gasteiger partial charge in [-0.1, -0.05) is 0 Å². The number of amides is 2. The van der Waals surface area contributed by atoms with Crippen molar-refractivity contribution in [3.63, 3.8) is 0 Å². The van der Waals surface area contributed by atoms with E-state index >= 15 is 0 Å². The molecular weight excluding hydrogens is 298 g/mol. The quantitative estimate of drug-likeness (QED) is 0.853. The molecular formula is C16H23N3O4. The van der Waals surface area contributed by atoms with Gasteiger partial charge in [-0.15, -0.1) is 0 Å². The molecule has 2 fully saturated rings. The maximum Gasteiger partial charge on any atom is 0.254 e. The highest BCUT2D eigenvalue weighted by atomic mass is 16.5. The molecule has 0 saturated carbocycles. The van der Waals surface area contributed by atoms with Crippen molar-refractivity contribution in [1.29, 1.82) is 0 Å². The highest BCUT2D eigenvalue weighted by molar-refractivity contribution is 5.96. The number of carbonyl (C=O) groups is 2. The summed E-state index contributed by atoms with van der Waals surface area (Å²) in [6.45, 7) is 5.50. The molecule has 1 N–H and O–H groups in total. The third-order valence-corrected chi connectivity index (χ3v) is 4.26. The van der Waals surface area contributed by atoms with Crippen molar-refractivity contribution in [2.45, 2.75) is 19.4 Å². The van der Waals surface area contributed by atoms with Crippen LogP contribution >= 0.6 is 0 Å². The summed E-state index contributed by atoms with van der Waals surface area (Å²) in [6.07, 6.45) is 3.55. The van der Waals surface area contributed by atoms with E-state index in [2.05, 4.69) is 10.2 Å². The van der Waals surface area contributed by atoms with Crippen LogP contribution in [-0.4, -0.2) is 67.6 Å². The van der Waals surface area contributed by atoms with Crippen LogP contribution in [0, 0.1) is 0 Å². The monoisotopic (exact) mass is 321 g/mol. The predicted octanol–water partition coefficient (Wildman–Crippen LogP) is 0.464. The van der Waals surface area contributed by atoms with Crippen LogP contribution in [0.1, 0.15) is 29.0 Å². The van der Waals surface area contributed by atoms with Crippen LogP contribution in [0.3, 0.4) is 0 Å². The Morgan fingerprint density at radius 2 is 1.87 bits per heavy atom. The van der Waals surface area contributed by atoms with E-state index in [1.54, 1.807) is 11.0 Å². The molecule has 3 rings (SSSR count). The molecule has 23 heavy (non-hydrogen) atoms. The van der Waals surface area contributed by atoms with Gasteiger partial charge in [0, 0.05) is 26.2 Å². The van der Waals surface area contributed by atoms with E-state index in [4.69, 9.17) is 9.15 Å². The molecule has 0 aromatic carbocycles. The molecule has 1 aromatic heterocycles. The molecule has 0 atom stereocenters. The van der Waals surface area contributed by atoms with Gasteiger partial charge in [0.15, 0.2) is 0 Å². The minimum atomic E-state index is -0.269. The molecule has 0 bridgehead atoms. The molecule has 7 nitrogen and oxygen atoms in total. The lowest BCUT2D eigenvalue weighted by Gasteiger charge is -2.25. The molecule has 3 heterocycles. The van der Waals surface area contributed by atoms with Crippen LogP contribution in [-0.2, 0) is 16.1 Å². The summed E-state index contributed by atoms with van der Waals surface area (Å²) in [7, 11) is 0. The molecule has 0 aliphatic carbocycles. The lowest BCUT2D eigenvalue weighted by molar-refractivity contribution is -0.129. The van der Waals surface area contributed by atoms with Gasteiger partial charge >= 0.3 is 0 Å². The highest BCUT2D eigenvalue weighted by Gasteiger charge is 2.19. The zero-order valence-electron chi connectivity index (χ0n) is 13.3. The van der Waals surface area contributed by atoms with Crippen molar-refractivity contribution < 1.29 is 18.7 Å². The first kappa shape index (κ1) is 16.0. The molecule has 2 amide bonds. The Hall–Kier alpha value is -1.86. The summed E-state index contributed by atoms with van der Waals surface area (Å²) in [6, 6.07) is 1.74. The molecule has 0 radical (unpaired) electrons. The standard InChI is InChI=1S/C16H23N3O4/c20-15(19-3-1-2-4-19)10-17-16(21)13-9-14(23-12-13)11-18-5-7-22-8-6-18/h9,12H,1-8,10-11H2,(H,17,21). The molecule has 126 valence electrons.